The number of hydrogen-bond donors (Lipinski definition) is 1. The van der Waals surface area contributed by atoms with Crippen molar-refractivity contribution in [3.8, 4) is 5.75 Å². The first kappa shape index (κ1) is 20.2. The zero-order chi connectivity index (χ0) is 19.3. The molecule has 0 bridgehead atoms. The number of primary sulfonamides is 1. The lowest BCUT2D eigenvalue weighted by molar-refractivity contribution is -0.132. The van der Waals surface area contributed by atoms with E-state index in [4.69, 9.17) is 21.5 Å². The van der Waals surface area contributed by atoms with Crippen molar-refractivity contribution in [1.82, 2.24) is 4.90 Å². The van der Waals surface area contributed by atoms with Crippen molar-refractivity contribution < 1.29 is 17.9 Å². The summed E-state index contributed by atoms with van der Waals surface area (Å²) >= 11 is 6.00. The highest BCUT2D eigenvalue weighted by Crippen LogP contribution is 2.24. The van der Waals surface area contributed by atoms with Crippen LogP contribution in [0.25, 0.3) is 0 Å². The Morgan fingerprint density at radius 2 is 1.92 bits per heavy atom. The van der Waals surface area contributed by atoms with E-state index in [1.807, 2.05) is 6.92 Å². The maximum Gasteiger partial charge on any atom is 0.238 e. The zero-order valence-electron chi connectivity index (χ0n) is 14.6. The third kappa shape index (κ3) is 5.20. The van der Waals surface area contributed by atoms with E-state index in [9.17, 15) is 13.2 Å². The van der Waals surface area contributed by atoms with E-state index in [1.54, 1.807) is 43.4 Å². The van der Waals surface area contributed by atoms with Crippen LogP contribution in [0.2, 0.25) is 5.02 Å². The van der Waals surface area contributed by atoms with Crippen LogP contribution in [0.4, 0.5) is 0 Å². The van der Waals surface area contributed by atoms with Gasteiger partial charge in [-0.2, -0.15) is 0 Å². The second kappa shape index (κ2) is 8.53. The molecule has 6 nitrogen and oxygen atoms in total. The predicted octanol–water partition coefficient (Wildman–Crippen LogP) is 2.98. The molecular formula is C18H21ClN2O4S. The van der Waals surface area contributed by atoms with Crippen LogP contribution in [0.15, 0.2) is 53.4 Å². The first-order chi connectivity index (χ1) is 12.2. The molecule has 0 spiro atoms. The van der Waals surface area contributed by atoms with Gasteiger partial charge in [0.05, 0.1) is 29.0 Å². The molecule has 2 rings (SSSR count). The van der Waals surface area contributed by atoms with Gasteiger partial charge in [0.2, 0.25) is 15.9 Å². The molecule has 140 valence electrons. The van der Waals surface area contributed by atoms with Crippen molar-refractivity contribution in [2.24, 2.45) is 5.14 Å². The molecule has 0 heterocycles. The Labute approximate surface area is 158 Å². The summed E-state index contributed by atoms with van der Waals surface area (Å²) in [7, 11) is -2.13. The number of para-hydroxylation sites is 1. The maximum atomic E-state index is 12.4. The van der Waals surface area contributed by atoms with E-state index >= 15 is 0 Å². The van der Waals surface area contributed by atoms with E-state index in [2.05, 4.69) is 0 Å². The number of benzene rings is 2. The summed E-state index contributed by atoms with van der Waals surface area (Å²) in [6, 6.07) is 13.0. The van der Waals surface area contributed by atoms with Crippen LogP contribution in [-0.2, 0) is 14.8 Å². The minimum atomic E-state index is -3.79. The molecular weight excluding hydrogens is 376 g/mol. The van der Waals surface area contributed by atoms with Crippen molar-refractivity contribution >= 4 is 27.5 Å². The standard InChI is InChI=1S/C18H21ClN2O4S/c1-13(14-6-5-7-15(12-14)26(20,23)24)21(2)18(22)10-11-25-17-9-4-3-8-16(17)19/h3-9,12-13H,10-11H2,1-2H3,(H2,20,23,24). The molecule has 8 heteroatoms. The summed E-state index contributed by atoms with van der Waals surface area (Å²) in [5, 5.41) is 5.65. The molecule has 0 saturated heterocycles. The van der Waals surface area contributed by atoms with Gasteiger partial charge in [-0.05, 0) is 36.8 Å². The number of rotatable bonds is 7. The Bertz CT molecular complexity index is 886. The summed E-state index contributed by atoms with van der Waals surface area (Å²) in [4.78, 5) is 13.9. The Kier molecular flexibility index (Phi) is 6.63. The number of hydrogen-bond acceptors (Lipinski definition) is 4. The highest BCUT2D eigenvalue weighted by molar-refractivity contribution is 7.89. The SMILES string of the molecule is CC(c1cccc(S(N)(=O)=O)c1)N(C)C(=O)CCOc1ccccc1Cl. The van der Waals surface area contributed by atoms with Gasteiger partial charge in [-0.25, -0.2) is 13.6 Å². The summed E-state index contributed by atoms with van der Waals surface area (Å²) in [5.74, 6) is 0.393. The normalized spacial score (nSPS) is 12.5. The van der Waals surface area contributed by atoms with Gasteiger partial charge in [0, 0.05) is 7.05 Å². The molecule has 0 aliphatic heterocycles. The minimum Gasteiger partial charge on any atom is -0.491 e. The van der Waals surface area contributed by atoms with Crippen LogP contribution >= 0.6 is 11.6 Å². The molecule has 1 atom stereocenters. The van der Waals surface area contributed by atoms with Gasteiger partial charge in [0.15, 0.2) is 0 Å². The Morgan fingerprint density at radius 3 is 2.58 bits per heavy atom. The molecule has 2 aromatic rings. The average molecular weight is 397 g/mol. The van der Waals surface area contributed by atoms with E-state index < -0.39 is 10.0 Å². The van der Waals surface area contributed by atoms with E-state index in [0.717, 1.165) is 0 Å². The molecule has 2 N–H and O–H groups in total. The average Bonchev–Trinajstić information content (AvgIpc) is 2.61. The lowest BCUT2D eigenvalue weighted by Crippen LogP contribution is -2.30. The molecule has 1 unspecified atom stereocenters. The molecule has 0 aliphatic carbocycles. The molecule has 1 amide bonds. The van der Waals surface area contributed by atoms with E-state index in [0.29, 0.717) is 16.3 Å². The van der Waals surface area contributed by atoms with Crippen LogP contribution < -0.4 is 9.88 Å². The topological polar surface area (TPSA) is 89.7 Å². The second-order valence-corrected chi connectivity index (χ2v) is 7.80. The van der Waals surface area contributed by atoms with Crippen LogP contribution in [0.3, 0.4) is 0 Å². The van der Waals surface area contributed by atoms with Crippen molar-refractivity contribution in [3.05, 3.63) is 59.1 Å². The molecule has 0 aliphatic rings. The minimum absolute atomic E-state index is 0.0183. The Hall–Kier alpha value is -2.09. The number of nitrogens with zero attached hydrogens (tertiary/aromatic N) is 1. The molecule has 26 heavy (non-hydrogen) atoms. The third-order valence-electron chi connectivity index (χ3n) is 4.05. The highest BCUT2D eigenvalue weighted by atomic mass is 35.5. The highest BCUT2D eigenvalue weighted by Gasteiger charge is 2.19. The van der Waals surface area contributed by atoms with E-state index in [1.165, 1.54) is 17.0 Å². The van der Waals surface area contributed by atoms with Gasteiger partial charge < -0.3 is 9.64 Å². The first-order valence-corrected chi connectivity index (χ1v) is 9.88. The van der Waals surface area contributed by atoms with Gasteiger partial charge in [0.25, 0.3) is 0 Å². The largest absolute Gasteiger partial charge is 0.491 e. The first-order valence-electron chi connectivity index (χ1n) is 7.96. The predicted molar refractivity (Wildman–Crippen MR) is 101 cm³/mol. The smallest absolute Gasteiger partial charge is 0.238 e. The number of halogens is 1. The fraction of sp³-hybridized carbons (Fsp3) is 0.278. The van der Waals surface area contributed by atoms with Crippen LogP contribution in [0.5, 0.6) is 5.75 Å². The van der Waals surface area contributed by atoms with Crippen molar-refractivity contribution in [1.29, 1.82) is 0 Å². The van der Waals surface area contributed by atoms with Crippen molar-refractivity contribution in [3.63, 3.8) is 0 Å². The number of sulfonamides is 1. The summed E-state index contributed by atoms with van der Waals surface area (Å²) in [6.45, 7) is 2.01. The monoisotopic (exact) mass is 396 g/mol. The van der Waals surface area contributed by atoms with Crippen molar-refractivity contribution in [2.45, 2.75) is 24.3 Å². The Balaban J connectivity index is 1.98. The van der Waals surface area contributed by atoms with Gasteiger partial charge in [-0.3, -0.25) is 4.79 Å². The van der Waals surface area contributed by atoms with Gasteiger partial charge in [-0.15, -0.1) is 0 Å². The van der Waals surface area contributed by atoms with E-state index in [-0.39, 0.29) is 29.9 Å². The second-order valence-electron chi connectivity index (χ2n) is 5.83. The third-order valence-corrected chi connectivity index (χ3v) is 5.28. The van der Waals surface area contributed by atoms with Crippen molar-refractivity contribution in [2.75, 3.05) is 13.7 Å². The number of nitrogens with two attached hydrogens (primary N) is 1. The molecule has 2 aromatic carbocycles. The summed E-state index contributed by atoms with van der Waals surface area (Å²) in [6.07, 6.45) is 0.168. The molecule has 0 radical (unpaired) electrons. The lowest BCUT2D eigenvalue weighted by Gasteiger charge is -2.25. The molecule has 0 aromatic heterocycles. The van der Waals surface area contributed by atoms with Gasteiger partial charge in [-0.1, -0.05) is 35.9 Å². The van der Waals surface area contributed by atoms with Crippen LogP contribution in [-0.4, -0.2) is 32.9 Å². The number of ether oxygens (including phenoxy) is 1. The number of carbonyl (C=O) groups excluding carboxylic acids is 1. The summed E-state index contributed by atoms with van der Waals surface area (Å²) in [5.41, 5.74) is 0.680. The van der Waals surface area contributed by atoms with Crippen LogP contribution in [0, 0.1) is 0 Å². The maximum absolute atomic E-state index is 12.4. The summed E-state index contributed by atoms with van der Waals surface area (Å²) < 4.78 is 28.5. The van der Waals surface area contributed by atoms with Crippen LogP contribution in [0.1, 0.15) is 24.9 Å². The Morgan fingerprint density at radius 1 is 1.23 bits per heavy atom. The van der Waals surface area contributed by atoms with Gasteiger partial charge in [0.1, 0.15) is 5.75 Å². The quantitative estimate of drug-likeness (QED) is 0.779. The lowest BCUT2D eigenvalue weighted by atomic mass is 10.1. The molecule has 0 fully saturated rings. The fourth-order valence-corrected chi connectivity index (χ4v) is 3.14. The van der Waals surface area contributed by atoms with Gasteiger partial charge >= 0.3 is 0 Å². The fourth-order valence-electron chi connectivity index (χ4n) is 2.38. The number of carbonyl (C=O) groups is 1. The zero-order valence-corrected chi connectivity index (χ0v) is 16.1. The number of amides is 1. The molecule has 0 saturated carbocycles.